The normalized spacial score (nSPS) is 13.1. The van der Waals surface area contributed by atoms with Crippen molar-refractivity contribution in [1.29, 1.82) is 0 Å². The molecule has 0 spiro atoms. The van der Waals surface area contributed by atoms with E-state index in [2.05, 4.69) is 46.0 Å². The first kappa shape index (κ1) is 16.8. The molecule has 1 N–H and O–H groups in total. The summed E-state index contributed by atoms with van der Waals surface area (Å²) in [5.74, 6) is 1.75. The predicted octanol–water partition coefficient (Wildman–Crippen LogP) is 4.18. The van der Waals surface area contributed by atoms with Gasteiger partial charge in [-0.1, -0.05) is 33.8 Å². The van der Waals surface area contributed by atoms with E-state index in [1.807, 2.05) is 12.1 Å². The first-order chi connectivity index (χ1) is 9.37. The molecule has 0 saturated heterocycles. The maximum atomic E-state index is 6.00. The maximum Gasteiger partial charge on any atom is 0.127 e. The van der Waals surface area contributed by atoms with E-state index < -0.39 is 0 Å². The van der Waals surface area contributed by atoms with Gasteiger partial charge in [0.25, 0.3) is 0 Å². The van der Waals surface area contributed by atoms with Gasteiger partial charge in [-0.05, 0) is 31.4 Å². The number of hydrogen-bond acceptors (Lipinski definition) is 3. The van der Waals surface area contributed by atoms with Crippen molar-refractivity contribution in [2.45, 2.75) is 47.1 Å². The minimum Gasteiger partial charge on any atom is -0.497 e. The Labute approximate surface area is 123 Å². The van der Waals surface area contributed by atoms with Crippen LogP contribution in [-0.4, -0.2) is 20.3 Å². The second-order valence-corrected chi connectivity index (χ2v) is 6.34. The Morgan fingerprint density at radius 1 is 1.25 bits per heavy atom. The van der Waals surface area contributed by atoms with Crippen LogP contribution in [-0.2, 0) is 0 Å². The van der Waals surface area contributed by atoms with Gasteiger partial charge in [0.1, 0.15) is 11.5 Å². The Morgan fingerprint density at radius 2 is 1.95 bits per heavy atom. The van der Waals surface area contributed by atoms with Gasteiger partial charge in [-0.3, -0.25) is 0 Å². The molecule has 3 nitrogen and oxygen atoms in total. The standard InChI is InChI=1S/C17H29NO2/c1-7-18-13(2)15-9-8-14(19-6)12-16(15)20-11-10-17(3,4)5/h8-9,12-13,18H,7,10-11H2,1-6H3. The molecule has 1 unspecified atom stereocenters. The highest BCUT2D eigenvalue weighted by Crippen LogP contribution is 2.30. The average Bonchev–Trinajstić information content (AvgIpc) is 2.37. The summed E-state index contributed by atoms with van der Waals surface area (Å²) in [6.45, 7) is 12.6. The third kappa shape index (κ3) is 5.41. The van der Waals surface area contributed by atoms with Gasteiger partial charge in [0.2, 0.25) is 0 Å². The van der Waals surface area contributed by atoms with Crippen molar-refractivity contribution in [2.24, 2.45) is 5.41 Å². The molecule has 0 aromatic heterocycles. The lowest BCUT2D eigenvalue weighted by Crippen LogP contribution is -2.19. The highest BCUT2D eigenvalue weighted by molar-refractivity contribution is 5.42. The molecule has 0 saturated carbocycles. The van der Waals surface area contributed by atoms with Crippen LogP contribution in [0.4, 0.5) is 0 Å². The fourth-order valence-corrected chi connectivity index (χ4v) is 2.01. The first-order valence-corrected chi connectivity index (χ1v) is 7.41. The third-order valence-corrected chi connectivity index (χ3v) is 3.31. The van der Waals surface area contributed by atoms with Gasteiger partial charge < -0.3 is 14.8 Å². The second kappa shape index (κ2) is 7.53. The Hall–Kier alpha value is -1.22. The smallest absolute Gasteiger partial charge is 0.127 e. The van der Waals surface area contributed by atoms with E-state index in [0.29, 0.717) is 0 Å². The van der Waals surface area contributed by atoms with Crippen LogP contribution in [0.3, 0.4) is 0 Å². The molecule has 0 aliphatic heterocycles. The van der Waals surface area contributed by atoms with Crippen molar-refractivity contribution >= 4 is 0 Å². The molecule has 114 valence electrons. The van der Waals surface area contributed by atoms with Gasteiger partial charge in [0.15, 0.2) is 0 Å². The molecular formula is C17H29NO2. The Morgan fingerprint density at radius 3 is 2.50 bits per heavy atom. The van der Waals surface area contributed by atoms with Crippen LogP contribution in [0.2, 0.25) is 0 Å². The lowest BCUT2D eigenvalue weighted by molar-refractivity contribution is 0.239. The van der Waals surface area contributed by atoms with Crippen molar-refractivity contribution in [3.63, 3.8) is 0 Å². The quantitative estimate of drug-likeness (QED) is 0.812. The molecule has 1 aromatic carbocycles. The minimum atomic E-state index is 0.274. The zero-order valence-corrected chi connectivity index (χ0v) is 13.7. The summed E-state index contributed by atoms with van der Waals surface area (Å²) >= 11 is 0. The number of methoxy groups -OCH3 is 1. The molecule has 1 aromatic rings. The van der Waals surface area contributed by atoms with E-state index in [1.165, 1.54) is 5.56 Å². The molecule has 3 heteroatoms. The summed E-state index contributed by atoms with van der Waals surface area (Å²) in [6, 6.07) is 6.32. The van der Waals surface area contributed by atoms with Crippen LogP contribution < -0.4 is 14.8 Å². The first-order valence-electron chi connectivity index (χ1n) is 7.41. The van der Waals surface area contributed by atoms with E-state index in [0.717, 1.165) is 31.1 Å². The molecular weight excluding hydrogens is 250 g/mol. The number of rotatable bonds is 7. The van der Waals surface area contributed by atoms with Crippen LogP contribution in [0.25, 0.3) is 0 Å². The monoisotopic (exact) mass is 279 g/mol. The Kier molecular flexibility index (Phi) is 6.34. The molecule has 20 heavy (non-hydrogen) atoms. The van der Waals surface area contributed by atoms with Gasteiger partial charge in [-0.25, -0.2) is 0 Å². The van der Waals surface area contributed by atoms with E-state index >= 15 is 0 Å². The van der Waals surface area contributed by atoms with Gasteiger partial charge in [-0.2, -0.15) is 0 Å². The molecule has 0 fully saturated rings. The van der Waals surface area contributed by atoms with Gasteiger partial charge in [-0.15, -0.1) is 0 Å². The molecule has 1 atom stereocenters. The van der Waals surface area contributed by atoms with E-state index in [-0.39, 0.29) is 11.5 Å². The topological polar surface area (TPSA) is 30.5 Å². The number of hydrogen-bond donors (Lipinski definition) is 1. The lowest BCUT2D eigenvalue weighted by atomic mass is 9.93. The van der Waals surface area contributed by atoms with E-state index in [9.17, 15) is 0 Å². The zero-order valence-electron chi connectivity index (χ0n) is 13.7. The Bertz CT molecular complexity index is 410. The molecule has 0 heterocycles. The summed E-state index contributed by atoms with van der Waals surface area (Å²) in [7, 11) is 1.68. The second-order valence-electron chi connectivity index (χ2n) is 6.34. The molecule has 1 rings (SSSR count). The predicted molar refractivity (Wildman–Crippen MR) is 84.7 cm³/mol. The third-order valence-electron chi connectivity index (χ3n) is 3.31. The summed E-state index contributed by atoms with van der Waals surface area (Å²) in [5.41, 5.74) is 1.47. The van der Waals surface area contributed by atoms with Gasteiger partial charge in [0.05, 0.1) is 13.7 Å². The highest BCUT2D eigenvalue weighted by Gasteiger charge is 2.14. The number of benzene rings is 1. The van der Waals surface area contributed by atoms with Crippen LogP contribution in [0, 0.1) is 5.41 Å². The number of nitrogens with one attached hydrogen (secondary N) is 1. The minimum absolute atomic E-state index is 0.274. The molecule has 0 amide bonds. The van der Waals surface area contributed by atoms with Gasteiger partial charge >= 0.3 is 0 Å². The van der Waals surface area contributed by atoms with Crippen molar-refractivity contribution < 1.29 is 9.47 Å². The largest absolute Gasteiger partial charge is 0.497 e. The van der Waals surface area contributed by atoms with E-state index in [1.54, 1.807) is 7.11 Å². The maximum absolute atomic E-state index is 6.00. The fourth-order valence-electron chi connectivity index (χ4n) is 2.01. The van der Waals surface area contributed by atoms with Crippen LogP contribution >= 0.6 is 0 Å². The molecule has 0 bridgehead atoms. The van der Waals surface area contributed by atoms with Crippen LogP contribution in [0.5, 0.6) is 11.5 Å². The van der Waals surface area contributed by atoms with Crippen molar-refractivity contribution in [1.82, 2.24) is 5.32 Å². The van der Waals surface area contributed by atoms with Gasteiger partial charge in [0, 0.05) is 17.7 Å². The average molecular weight is 279 g/mol. The highest BCUT2D eigenvalue weighted by atomic mass is 16.5. The SMILES string of the molecule is CCNC(C)c1ccc(OC)cc1OCCC(C)(C)C. The summed E-state index contributed by atoms with van der Waals surface area (Å²) in [4.78, 5) is 0. The van der Waals surface area contributed by atoms with Crippen molar-refractivity contribution in [2.75, 3.05) is 20.3 Å². The van der Waals surface area contributed by atoms with E-state index in [4.69, 9.17) is 9.47 Å². The van der Waals surface area contributed by atoms with Crippen LogP contribution in [0.1, 0.15) is 52.6 Å². The Balaban J connectivity index is 2.83. The summed E-state index contributed by atoms with van der Waals surface area (Å²) < 4.78 is 11.3. The molecule has 0 aliphatic rings. The van der Waals surface area contributed by atoms with Crippen molar-refractivity contribution in [3.8, 4) is 11.5 Å². The van der Waals surface area contributed by atoms with Crippen molar-refractivity contribution in [3.05, 3.63) is 23.8 Å². The molecule has 0 aliphatic carbocycles. The zero-order chi connectivity index (χ0) is 15.2. The summed E-state index contributed by atoms with van der Waals surface area (Å²) in [6.07, 6.45) is 1.03. The van der Waals surface area contributed by atoms with Crippen LogP contribution in [0.15, 0.2) is 18.2 Å². The fraction of sp³-hybridized carbons (Fsp3) is 0.647. The molecule has 0 radical (unpaired) electrons. The lowest BCUT2D eigenvalue weighted by Gasteiger charge is -2.21. The summed E-state index contributed by atoms with van der Waals surface area (Å²) in [5, 5.41) is 3.43. The number of ether oxygens (including phenoxy) is 2.